The number of carbonyl (C=O) groups is 1. The Morgan fingerprint density at radius 3 is 2.74 bits per heavy atom. The number of piperidine rings is 1. The summed E-state index contributed by atoms with van der Waals surface area (Å²) in [4.78, 5) is 46.1. The standard InChI is InChI=1S/C18H20N6O3/c1-2-23-11-7-14(21-23)17(26)22-9-5-12(6-10-22)24-16(25)13-4-3-8-19-15(13)20-18(24)27/h3-4,7-8,11-12H,2,5-6,9-10H2,1H3,(H,19,20,27). The zero-order valence-electron chi connectivity index (χ0n) is 15.0. The molecule has 3 aromatic rings. The molecule has 0 aliphatic carbocycles. The number of aromatic amines is 1. The highest BCUT2D eigenvalue weighted by molar-refractivity contribution is 5.92. The van der Waals surface area contributed by atoms with Crippen LogP contribution in [0.25, 0.3) is 11.0 Å². The third-order valence-electron chi connectivity index (χ3n) is 5.00. The minimum absolute atomic E-state index is 0.121. The van der Waals surface area contributed by atoms with Crippen LogP contribution in [0.3, 0.4) is 0 Å². The van der Waals surface area contributed by atoms with E-state index in [9.17, 15) is 14.4 Å². The van der Waals surface area contributed by atoms with Crippen molar-refractivity contribution in [2.24, 2.45) is 0 Å². The van der Waals surface area contributed by atoms with Crippen molar-refractivity contribution in [3.63, 3.8) is 0 Å². The fraction of sp³-hybridized carbons (Fsp3) is 0.389. The number of aryl methyl sites for hydroxylation is 1. The van der Waals surface area contributed by atoms with Crippen molar-refractivity contribution in [1.29, 1.82) is 0 Å². The van der Waals surface area contributed by atoms with Gasteiger partial charge in [-0.25, -0.2) is 9.78 Å². The second-order valence-corrected chi connectivity index (χ2v) is 6.58. The molecular weight excluding hydrogens is 348 g/mol. The average Bonchev–Trinajstić information content (AvgIpc) is 3.17. The van der Waals surface area contributed by atoms with E-state index in [0.29, 0.717) is 49.2 Å². The van der Waals surface area contributed by atoms with Crippen molar-refractivity contribution >= 4 is 16.9 Å². The fourth-order valence-electron chi connectivity index (χ4n) is 3.53. The number of amides is 1. The van der Waals surface area contributed by atoms with Gasteiger partial charge in [0.05, 0.1) is 5.39 Å². The number of fused-ring (bicyclic) bond motifs is 1. The summed E-state index contributed by atoms with van der Waals surface area (Å²) in [6, 6.07) is 4.79. The Kier molecular flexibility index (Phi) is 4.35. The summed E-state index contributed by atoms with van der Waals surface area (Å²) < 4.78 is 2.97. The molecule has 1 saturated heterocycles. The van der Waals surface area contributed by atoms with E-state index < -0.39 is 5.69 Å². The van der Waals surface area contributed by atoms with Gasteiger partial charge < -0.3 is 4.90 Å². The van der Waals surface area contributed by atoms with E-state index in [-0.39, 0.29) is 17.5 Å². The number of likely N-dealkylation sites (tertiary alicyclic amines) is 1. The van der Waals surface area contributed by atoms with E-state index in [4.69, 9.17) is 0 Å². The van der Waals surface area contributed by atoms with E-state index in [1.54, 1.807) is 34.0 Å². The van der Waals surface area contributed by atoms with Crippen LogP contribution in [-0.4, -0.2) is 48.2 Å². The lowest BCUT2D eigenvalue weighted by Gasteiger charge is -2.32. The van der Waals surface area contributed by atoms with Gasteiger partial charge in [0.2, 0.25) is 0 Å². The Morgan fingerprint density at radius 1 is 1.26 bits per heavy atom. The van der Waals surface area contributed by atoms with Gasteiger partial charge in [0, 0.05) is 38.1 Å². The summed E-state index contributed by atoms with van der Waals surface area (Å²) in [5.41, 5.74) is -0.0871. The first-order valence-corrected chi connectivity index (χ1v) is 9.00. The van der Waals surface area contributed by atoms with E-state index in [1.165, 1.54) is 10.8 Å². The third kappa shape index (κ3) is 3.05. The maximum absolute atomic E-state index is 12.7. The number of rotatable bonds is 3. The van der Waals surface area contributed by atoms with Crippen molar-refractivity contribution in [2.75, 3.05) is 13.1 Å². The summed E-state index contributed by atoms with van der Waals surface area (Å²) >= 11 is 0. The summed E-state index contributed by atoms with van der Waals surface area (Å²) in [5.74, 6) is -0.121. The van der Waals surface area contributed by atoms with Crippen LogP contribution in [0, 0.1) is 0 Å². The molecule has 1 aliphatic heterocycles. The second-order valence-electron chi connectivity index (χ2n) is 6.58. The maximum Gasteiger partial charge on any atom is 0.330 e. The zero-order valence-corrected chi connectivity index (χ0v) is 15.0. The number of nitrogens with zero attached hydrogens (tertiary/aromatic N) is 5. The number of hydrogen-bond acceptors (Lipinski definition) is 5. The first-order chi connectivity index (χ1) is 13.1. The number of aromatic nitrogens is 5. The lowest BCUT2D eigenvalue weighted by molar-refractivity contribution is 0.0685. The molecule has 0 saturated carbocycles. The first-order valence-electron chi connectivity index (χ1n) is 9.00. The Hall–Kier alpha value is -3.23. The third-order valence-corrected chi connectivity index (χ3v) is 5.00. The summed E-state index contributed by atoms with van der Waals surface area (Å²) in [6.45, 7) is 3.61. The van der Waals surface area contributed by atoms with Gasteiger partial charge in [0.1, 0.15) is 11.3 Å². The van der Waals surface area contributed by atoms with Gasteiger partial charge in [-0.05, 0) is 38.0 Å². The predicted molar refractivity (Wildman–Crippen MR) is 98.7 cm³/mol. The van der Waals surface area contributed by atoms with Crippen LogP contribution >= 0.6 is 0 Å². The maximum atomic E-state index is 12.7. The van der Waals surface area contributed by atoms with Crippen molar-refractivity contribution in [3.8, 4) is 0 Å². The van der Waals surface area contributed by atoms with Gasteiger partial charge in [0.15, 0.2) is 0 Å². The lowest BCUT2D eigenvalue weighted by atomic mass is 10.0. The van der Waals surface area contributed by atoms with E-state index in [2.05, 4.69) is 15.1 Å². The minimum atomic E-state index is -0.460. The van der Waals surface area contributed by atoms with E-state index in [0.717, 1.165) is 0 Å². The van der Waals surface area contributed by atoms with Crippen LogP contribution in [0.2, 0.25) is 0 Å². The number of hydrogen-bond donors (Lipinski definition) is 1. The normalized spacial score (nSPS) is 15.4. The summed E-state index contributed by atoms with van der Waals surface area (Å²) in [7, 11) is 0. The van der Waals surface area contributed by atoms with Crippen LogP contribution < -0.4 is 11.2 Å². The summed E-state index contributed by atoms with van der Waals surface area (Å²) in [5, 5.41) is 4.64. The molecule has 140 valence electrons. The van der Waals surface area contributed by atoms with Crippen molar-refractivity contribution < 1.29 is 4.79 Å². The molecule has 1 aliphatic rings. The molecule has 0 radical (unpaired) electrons. The molecule has 0 aromatic carbocycles. The molecule has 9 heteroatoms. The van der Waals surface area contributed by atoms with Crippen LogP contribution in [0.15, 0.2) is 40.2 Å². The van der Waals surface area contributed by atoms with Gasteiger partial charge in [-0.15, -0.1) is 0 Å². The highest BCUT2D eigenvalue weighted by Gasteiger charge is 2.27. The molecule has 3 aromatic heterocycles. The molecule has 1 fully saturated rings. The van der Waals surface area contributed by atoms with Crippen molar-refractivity contribution in [1.82, 2.24) is 29.2 Å². The molecule has 4 rings (SSSR count). The topological polar surface area (TPSA) is 106 Å². The molecule has 0 unspecified atom stereocenters. The van der Waals surface area contributed by atoms with Gasteiger partial charge >= 0.3 is 5.69 Å². The highest BCUT2D eigenvalue weighted by atomic mass is 16.2. The number of H-pyrrole nitrogens is 1. The SMILES string of the molecule is CCn1ccc(C(=O)N2CCC(n3c(=O)[nH]c4ncccc4c3=O)CC2)n1. The Balaban J connectivity index is 1.54. The Bertz CT molecular complexity index is 1100. The first kappa shape index (κ1) is 17.2. The quantitative estimate of drug-likeness (QED) is 0.735. The average molecular weight is 368 g/mol. The Labute approximate surface area is 154 Å². The number of nitrogens with one attached hydrogen (secondary N) is 1. The predicted octanol–water partition coefficient (Wildman–Crippen LogP) is 0.778. The molecular formula is C18H20N6O3. The molecule has 27 heavy (non-hydrogen) atoms. The molecule has 0 bridgehead atoms. The van der Waals surface area contributed by atoms with E-state index >= 15 is 0 Å². The minimum Gasteiger partial charge on any atom is -0.337 e. The molecule has 0 spiro atoms. The van der Waals surface area contributed by atoms with Crippen LogP contribution in [0.4, 0.5) is 0 Å². The van der Waals surface area contributed by atoms with Gasteiger partial charge in [-0.1, -0.05) is 0 Å². The molecule has 1 amide bonds. The summed E-state index contributed by atoms with van der Waals surface area (Å²) in [6.07, 6.45) is 4.39. The second kappa shape index (κ2) is 6.82. The van der Waals surface area contributed by atoms with Gasteiger partial charge in [-0.3, -0.25) is 23.8 Å². The van der Waals surface area contributed by atoms with Gasteiger partial charge in [-0.2, -0.15) is 5.10 Å². The monoisotopic (exact) mass is 368 g/mol. The number of carbonyl (C=O) groups excluding carboxylic acids is 1. The van der Waals surface area contributed by atoms with Crippen LogP contribution in [0.1, 0.15) is 36.3 Å². The van der Waals surface area contributed by atoms with Crippen LogP contribution in [-0.2, 0) is 6.54 Å². The molecule has 9 nitrogen and oxygen atoms in total. The number of pyridine rings is 1. The highest BCUT2D eigenvalue weighted by Crippen LogP contribution is 2.21. The molecule has 0 atom stereocenters. The largest absolute Gasteiger partial charge is 0.337 e. The smallest absolute Gasteiger partial charge is 0.330 e. The molecule has 4 heterocycles. The van der Waals surface area contributed by atoms with Crippen molar-refractivity contribution in [2.45, 2.75) is 32.4 Å². The van der Waals surface area contributed by atoms with Gasteiger partial charge in [0.25, 0.3) is 11.5 Å². The lowest BCUT2D eigenvalue weighted by Crippen LogP contribution is -2.45. The Morgan fingerprint density at radius 2 is 2.04 bits per heavy atom. The van der Waals surface area contributed by atoms with Crippen LogP contribution in [0.5, 0.6) is 0 Å². The van der Waals surface area contributed by atoms with E-state index in [1.807, 2.05) is 6.92 Å². The molecule has 1 N–H and O–H groups in total. The fourth-order valence-corrected chi connectivity index (χ4v) is 3.53. The van der Waals surface area contributed by atoms with Crippen molar-refractivity contribution in [3.05, 3.63) is 57.1 Å². The zero-order chi connectivity index (χ0) is 19.0.